The van der Waals surface area contributed by atoms with Crippen LogP contribution in [0.4, 0.5) is 0 Å². The first-order valence-electron chi connectivity index (χ1n) is 6.52. The van der Waals surface area contributed by atoms with Crippen molar-refractivity contribution in [2.75, 3.05) is 0 Å². The van der Waals surface area contributed by atoms with Crippen LogP contribution in [-0.4, -0.2) is 35.0 Å². The number of carbonyl (C=O) groups excluding carboxylic acids is 2. The molecular weight excluding hydrogens is 296 g/mol. The number of hydrogen-bond acceptors (Lipinski definition) is 3. The summed E-state index contributed by atoms with van der Waals surface area (Å²) in [5, 5.41) is 14.7. The summed E-state index contributed by atoms with van der Waals surface area (Å²) < 4.78 is 0. The first-order chi connectivity index (χ1) is 9.95. The smallest absolute Gasteiger partial charge is 0.326 e. The fourth-order valence-corrected chi connectivity index (χ4v) is 2.27. The molecule has 21 heavy (non-hydrogen) atoms. The van der Waals surface area contributed by atoms with Crippen molar-refractivity contribution < 1.29 is 19.5 Å². The van der Waals surface area contributed by atoms with E-state index in [4.69, 9.17) is 11.6 Å². The highest BCUT2D eigenvalue weighted by atomic mass is 35.5. The zero-order valence-electron chi connectivity index (χ0n) is 11.1. The van der Waals surface area contributed by atoms with E-state index in [2.05, 4.69) is 10.6 Å². The Bertz CT molecular complexity index is 559. The molecule has 0 radical (unpaired) electrons. The first kappa shape index (κ1) is 15.3. The number of aliphatic carboxylic acids is 1. The second kappa shape index (κ2) is 6.58. The summed E-state index contributed by atoms with van der Waals surface area (Å²) in [6.07, 6.45) is 0.823. The van der Waals surface area contributed by atoms with E-state index in [-0.39, 0.29) is 18.7 Å². The Hall–Kier alpha value is -2.08. The topological polar surface area (TPSA) is 95.5 Å². The Balaban J connectivity index is 1.99. The third-order valence-electron chi connectivity index (χ3n) is 3.28. The number of rotatable bonds is 5. The maximum atomic E-state index is 11.9. The van der Waals surface area contributed by atoms with Crippen LogP contribution in [0.1, 0.15) is 18.4 Å². The van der Waals surface area contributed by atoms with E-state index in [1.165, 1.54) is 0 Å². The summed E-state index contributed by atoms with van der Waals surface area (Å²) in [5.41, 5.74) is 0.752. The van der Waals surface area contributed by atoms with Crippen molar-refractivity contribution >= 4 is 29.4 Å². The van der Waals surface area contributed by atoms with Crippen molar-refractivity contribution in [1.29, 1.82) is 0 Å². The van der Waals surface area contributed by atoms with Gasteiger partial charge in [-0.2, -0.15) is 0 Å². The average Bonchev–Trinajstić information content (AvgIpc) is 2.87. The fourth-order valence-electron chi connectivity index (χ4n) is 2.14. The van der Waals surface area contributed by atoms with E-state index in [0.717, 1.165) is 5.56 Å². The van der Waals surface area contributed by atoms with Crippen molar-refractivity contribution in [2.45, 2.75) is 31.3 Å². The highest BCUT2D eigenvalue weighted by Gasteiger charge is 2.30. The molecular formula is C14H15ClN2O4. The minimum atomic E-state index is -1.12. The molecule has 0 unspecified atom stereocenters. The zero-order chi connectivity index (χ0) is 15.4. The van der Waals surface area contributed by atoms with Gasteiger partial charge in [-0.3, -0.25) is 9.59 Å². The number of carbonyl (C=O) groups is 3. The van der Waals surface area contributed by atoms with Gasteiger partial charge in [-0.1, -0.05) is 23.7 Å². The van der Waals surface area contributed by atoms with E-state index in [9.17, 15) is 19.5 Å². The lowest BCUT2D eigenvalue weighted by molar-refractivity contribution is -0.142. The molecule has 112 valence electrons. The van der Waals surface area contributed by atoms with E-state index in [0.29, 0.717) is 11.4 Å². The van der Waals surface area contributed by atoms with Crippen LogP contribution < -0.4 is 10.6 Å². The molecule has 1 heterocycles. The number of carboxylic acids is 1. The van der Waals surface area contributed by atoms with Crippen molar-refractivity contribution in [3.05, 3.63) is 34.9 Å². The van der Waals surface area contributed by atoms with Gasteiger partial charge >= 0.3 is 5.97 Å². The normalized spacial score (nSPS) is 18.9. The Kier molecular flexibility index (Phi) is 4.80. The van der Waals surface area contributed by atoms with Crippen molar-refractivity contribution in [3.63, 3.8) is 0 Å². The molecule has 7 heteroatoms. The molecule has 0 aliphatic carbocycles. The molecule has 1 aliphatic heterocycles. The molecule has 1 aromatic carbocycles. The zero-order valence-corrected chi connectivity index (χ0v) is 11.9. The monoisotopic (exact) mass is 310 g/mol. The van der Waals surface area contributed by atoms with Crippen molar-refractivity contribution in [3.8, 4) is 0 Å². The lowest BCUT2D eigenvalue weighted by Gasteiger charge is -2.17. The second-order valence-corrected chi connectivity index (χ2v) is 5.33. The Labute approximate surface area is 126 Å². The van der Waals surface area contributed by atoms with E-state index in [1.54, 1.807) is 24.3 Å². The van der Waals surface area contributed by atoms with Crippen LogP contribution in [0.25, 0.3) is 0 Å². The van der Waals surface area contributed by atoms with Crippen LogP contribution in [0.15, 0.2) is 24.3 Å². The minimum absolute atomic E-state index is 0.152. The number of halogens is 1. The molecule has 1 aromatic rings. The van der Waals surface area contributed by atoms with Crippen LogP contribution in [0.2, 0.25) is 5.02 Å². The van der Waals surface area contributed by atoms with Gasteiger partial charge in [0.25, 0.3) is 0 Å². The van der Waals surface area contributed by atoms with Crippen LogP contribution in [0, 0.1) is 0 Å². The summed E-state index contributed by atoms with van der Waals surface area (Å²) >= 11 is 5.77. The van der Waals surface area contributed by atoms with Gasteiger partial charge in [0.15, 0.2) is 0 Å². The molecule has 0 aromatic heterocycles. The largest absolute Gasteiger partial charge is 0.480 e. The lowest BCUT2D eigenvalue weighted by Crippen LogP contribution is -2.49. The predicted octanol–water partition coefficient (Wildman–Crippen LogP) is 0.730. The summed E-state index contributed by atoms with van der Waals surface area (Å²) in [4.78, 5) is 34.3. The van der Waals surface area contributed by atoms with Gasteiger partial charge in [-0.05, 0) is 24.1 Å². The van der Waals surface area contributed by atoms with Crippen LogP contribution >= 0.6 is 11.6 Å². The summed E-state index contributed by atoms with van der Waals surface area (Å²) in [6, 6.07) is 5.05. The average molecular weight is 311 g/mol. The molecule has 2 atom stereocenters. The molecule has 1 aliphatic rings. The van der Waals surface area contributed by atoms with E-state index < -0.39 is 24.0 Å². The molecule has 0 bridgehead atoms. The van der Waals surface area contributed by atoms with Gasteiger partial charge in [0.2, 0.25) is 11.8 Å². The molecule has 2 rings (SSSR count). The number of benzene rings is 1. The third kappa shape index (κ3) is 4.19. The van der Waals surface area contributed by atoms with E-state index in [1.807, 2.05) is 0 Å². The van der Waals surface area contributed by atoms with Gasteiger partial charge in [-0.15, -0.1) is 0 Å². The van der Waals surface area contributed by atoms with Gasteiger partial charge in [-0.25, -0.2) is 4.79 Å². The third-order valence-corrected chi connectivity index (χ3v) is 3.53. The number of amides is 2. The SMILES string of the molecule is O=C1CC[C@@H](C(=O)N[C@@H](Cc2ccc(Cl)cc2)C(=O)O)N1. The lowest BCUT2D eigenvalue weighted by atomic mass is 10.1. The molecule has 3 N–H and O–H groups in total. The van der Waals surface area contributed by atoms with Crippen LogP contribution in [0.3, 0.4) is 0 Å². The Morgan fingerprint density at radius 2 is 2.05 bits per heavy atom. The van der Waals surface area contributed by atoms with Gasteiger partial charge in [0, 0.05) is 17.9 Å². The number of nitrogens with one attached hydrogen (secondary N) is 2. The quantitative estimate of drug-likeness (QED) is 0.747. The number of hydrogen-bond donors (Lipinski definition) is 3. The maximum absolute atomic E-state index is 11.9. The second-order valence-electron chi connectivity index (χ2n) is 4.89. The predicted molar refractivity (Wildman–Crippen MR) is 75.9 cm³/mol. The van der Waals surface area contributed by atoms with Crippen LogP contribution in [-0.2, 0) is 20.8 Å². The Morgan fingerprint density at radius 3 is 2.57 bits per heavy atom. The molecule has 6 nitrogen and oxygen atoms in total. The molecule has 0 spiro atoms. The maximum Gasteiger partial charge on any atom is 0.326 e. The van der Waals surface area contributed by atoms with Gasteiger partial charge in [0.1, 0.15) is 12.1 Å². The summed E-state index contributed by atoms with van der Waals surface area (Å²) in [7, 11) is 0. The highest BCUT2D eigenvalue weighted by molar-refractivity contribution is 6.30. The number of carboxylic acid groups (broad SMARTS) is 1. The fraction of sp³-hybridized carbons (Fsp3) is 0.357. The minimum Gasteiger partial charge on any atom is -0.480 e. The van der Waals surface area contributed by atoms with E-state index >= 15 is 0 Å². The molecule has 1 saturated heterocycles. The molecule has 0 saturated carbocycles. The molecule has 2 amide bonds. The Morgan fingerprint density at radius 1 is 1.38 bits per heavy atom. The van der Waals surface area contributed by atoms with Crippen LogP contribution in [0.5, 0.6) is 0 Å². The molecule has 1 fully saturated rings. The summed E-state index contributed by atoms with van der Waals surface area (Å²) in [5.74, 6) is -1.79. The standard InChI is InChI=1S/C14H15ClN2O4/c15-9-3-1-8(2-4-9)7-11(14(20)21)17-13(19)10-5-6-12(18)16-10/h1-4,10-11H,5-7H2,(H,16,18)(H,17,19)(H,20,21)/t10-,11-/m0/s1. The highest BCUT2D eigenvalue weighted by Crippen LogP contribution is 2.12. The van der Waals surface area contributed by atoms with Crippen molar-refractivity contribution in [1.82, 2.24) is 10.6 Å². The summed E-state index contributed by atoms with van der Waals surface area (Å²) in [6.45, 7) is 0. The van der Waals surface area contributed by atoms with Crippen molar-refractivity contribution in [2.24, 2.45) is 0 Å². The van der Waals surface area contributed by atoms with Gasteiger partial charge in [0.05, 0.1) is 0 Å². The first-order valence-corrected chi connectivity index (χ1v) is 6.90. The van der Waals surface area contributed by atoms with Gasteiger partial charge < -0.3 is 15.7 Å².